The number of para-hydroxylation sites is 1. The zero-order chi connectivity index (χ0) is 12.6. The van der Waals surface area contributed by atoms with Crippen molar-refractivity contribution >= 4 is 11.4 Å². The maximum atomic E-state index is 13.5. The van der Waals surface area contributed by atoms with Crippen LogP contribution < -0.4 is 10.6 Å². The fourth-order valence-electron chi connectivity index (χ4n) is 3.65. The highest BCUT2D eigenvalue weighted by atomic mass is 19.1. The molecule has 1 saturated heterocycles. The van der Waals surface area contributed by atoms with Gasteiger partial charge in [0.25, 0.3) is 0 Å². The van der Waals surface area contributed by atoms with E-state index in [9.17, 15) is 4.39 Å². The molecule has 1 aromatic rings. The fourth-order valence-corrected chi connectivity index (χ4v) is 3.65. The number of hydrogen-bond acceptors (Lipinski definition) is 2. The van der Waals surface area contributed by atoms with Crippen LogP contribution in [-0.4, -0.2) is 13.1 Å². The first-order valence-electron chi connectivity index (χ1n) is 6.99. The second kappa shape index (κ2) is 4.45. The molecule has 2 N–H and O–H groups in total. The second-order valence-corrected chi connectivity index (χ2v) is 5.87. The maximum Gasteiger partial charge on any atom is 0.148 e. The Hall–Kier alpha value is -1.25. The van der Waals surface area contributed by atoms with Crippen LogP contribution in [0.3, 0.4) is 0 Å². The third kappa shape index (κ3) is 1.96. The highest BCUT2D eigenvalue weighted by Crippen LogP contribution is 2.47. The van der Waals surface area contributed by atoms with E-state index in [-0.39, 0.29) is 5.82 Å². The SMILES string of the molecule is Nc1c(F)cccc1N1CCC2(CCCC2)CC1. The molecule has 2 fully saturated rings. The van der Waals surface area contributed by atoms with Gasteiger partial charge in [-0.2, -0.15) is 0 Å². The number of benzene rings is 1. The average molecular weight is 248 g/mol. The van der Waals surface area contributed by atoms with Crippen LogP contribution in [0.2, 0.25) is 0 Å². The summed E-state index contributed by atoms with van der Waals surface area (Å²) >= 11 is 0. The van der Waals surface area contributed by atoms with Gasteiger partial charge in [0.2, 0.25) is 0 Å². The van der Waals surface area contributed by atoms with Crippen LogP contribution in [0.25, 0.3) is 0 Å². The van der Waals surface area contributed by atoms with E-state index in [0.29, 0.717) is 11.1 Å². The van der Waals surface area contributed by atoms with Crippen molar-refractivity contribution in [2.75, 3.05) is 23.7 Å². The lowest BCUT2D eigenvalue weighted by molar-refractivity contribution is 0.226. The van der Waals surface area contributed by atoms with Crippen LogP contribution in [-0.2, 0) is 0 Å². The molecule has 98 valence electrons. The van der Waals surface area contributed by atoms with Crippen molar-refractivity contribution in [3.05, 3.63) is 24.0 Å². The first-order valence-corrected chi connectivity index (χ1v) is 6.99. The molecule has 2 aliphatic rings. The molecule has 0 aromatic heterocycles. The molecule has 3 heteroatoms. The normalized spacial score (nSPS) is 22.6. The Kier molecular flexibility index (Phi) is 2.92. The summed E-state index contributed by atoms with van der Waals surface area (Å²) in [7, 11) is 0. The van der Waals surface area contributed by atoms with Crippen LogP contribution in [0.5, 0.6) is 0 Å². The van der Waals surface area contributed by atoms with Gasteiger partial charge < -0.3 is 10.6 Å². The summed E-state index contributed by atoms with van der Waals surface area (Å²) < 4.78 is 13.5. The summed E-state index contributed by atoms with van der Waals surface area (Å²) in [6, 6.07) is 5.12. The molecule has 1 aromatic carbocycles. The number of nitrogen functional groups attached to an aromatic ring is 1. The zero-order valence-electron chi connectivity index (χ0n) is 10.8. The second-order valence-electron chi connectivity index (χ2n) is 5.87. The van der Waals surface area contributed by atoms with E-state index in [2.05, 4.69) is 4.90 Å². The summed E-state index contributed by atoms with van der Waals surface area (Å²) in [5, 5.41) is 0. The number of halogens is 1. The molecular weight excluding hydrogens is 227 g/mol. The molecule has 0 bridgehead atoms. The van der Waals surface area contributed by atoms with Gasteiger partial charge >= 0.3 is 0 Å². The minimum Gasteiger partial charge on any atom is -0.395 e. The van der Waals surface area contributed by atoms with E-state index < -0.39 is 0 Å². The van der Waals surface area contributed by atoms with E-state index >= 15 is 0 Å². The largest absolute Gasteiger partial charge is 0.395 e. The van der Waals surface area contributed by atoms with Crippen molar-refractivity contribution in [2.45, 2.75) is 38.5 Å². The Labute approximate surface area is 108 Å². The van der Waals surface area contributed by atoms with Crippen LogP contribution >= 0.6 is 0 Å². The van der Waals surface area contributed by atoms with Crippen molar-refractivity contribution in [3.8, 4) is 0 Å². The van der Waals surface area contributed by atoms with Gasteiger partial charge in [0.15, 0.2) is 0 Å². The number of rotatable bonds is 1. The van der Waals surface area contributed by atoms with Gasteiger partial charge in [-0.15, -0.1) is 0 Å². The summed E-state index contributed by atoms with van der Waals surface area (Å²) in [5.74, 6) is -0.298. The minimum atomic E-state index is -0.298. The monoisotopic (exact) mass is 248 g/mol. The molecule has 0 atom stereocenters. The van der Waals surface area contributed by atoms with E-state index in [0.717, 1.165) is 18.8 Å². The Balaban J connectivity index is 1.74. The van der Waals surface area contributed by atoms with Crippen molar-refractivity contribution in [2.24, 2.45) is 5.41 Å². The molecule has 1 aliphatic heterocycles. The zero-order valence-corrected chi connectivity index (χ0v) is 10.8. The number of nitrogens with zero attached hydrogens (tertiary/aromatic N) is 1. The van der Waals surface area contributed by atoms with Crippen molar-refractivity contribution in [1.29, 1.82) is 0 Å². The smallest absolute Gasteiger partial charge is 0.148 e. The number of nitrogens with two attached hydrogens (primary N) is 1. The standard InChI is InChI=1S/C15H21FN2/c16-12-4-3-5-13(14(12)17)18-10-8-15(9-11-18)6-1-2-7-15/h3-5H,1-2,6-11,17H2. The van der Waals surface area contributed by atoms with E-state index in [1.165, 1.54) is 44.6 Å². The highest BCUT2D eigenvalue weighted by Gasteiger charge is 2.37. The van der Waals surface area contributed by atoms with Crippen LogP contribution in [0.15, 0.2) is 18.2 Å². The number of piperidine rings is 1. The molecular formula is C15H21FN2. The first-order chi connectivity index (χ1) is 8.70. The summed E-state index contributed by atoms with van der Waals surface area (Å²) in [6.07, 6.45) is 8.04. The molecule has 0 amide bonds. The van der Waals surface area contributed by atoms with Crippen molar-refractivity contribution < 1.29 is 4.39 Å². The summed E-state index contributed by atoms with van der Waals surface area (Å²) in [4.78, 5) is 2.25. The maximum absolute atomic E-state index is 13.5. The van der Waals surface area contributed by atoms with E-state index in [1.807, 2.05) is 6.07 Å². The Morgan fingerprint density at radius 2 is 1.72 bits per heavy atom. The predicted octanol–water partition coefficient (Wildman–Crippen LogP) is 3.57. The Morgan fingerprint density at radius 1 is 1.06 bits per heavy atom. The molecule has 2 nitrogen and oxygen atoms in total. The Bertz CT molecular complexity index is 428. The van der Waals surface area contributed by atoms with Gasteiger partial charge in [0.05, 0.1) is 11.4 Å². The molecule has 3 rings (SSSR count). The third-order valence-corrected chi connectivity index (χ3v) is 4.86. The van der Waals surface area contributed by atoms with E-state index in [4.69, 9.17) is 5.73 Å². The molecule has 1 saturated carbocycles. The third-order valence-electron chi connectivity index (χ3n) is 4.86. The van der Waals surface area contributed by atoms with Gasteiger partial charge in [-0.05, 0) is 43.2 Å². The molecule has 1 spiro atoms. The van der Waals surface area contributed by atoms with Gasteiger partial charge in [-0.3, -0.25) is 0 Å². The van der Waals surface area contributed by atoms with Gasteiger partial charge in [-0.25, -0.2) is 4.39 Å². The highest BCUT2D eigenvalue weighted by molar-refractivity contribution is 5.68. The molecule has 0 radical (unpaired) electrons. The molecule has 1 aliphatic carbocycles. The predicted molar refractivity (Wildman–Crippen MR) is 73.2 cm³/mol. The lowest BCUT2D eigenvalue weighted by Gasteiger charge is -2.40. The minimum absolute atomic E-state index is 0.298. The lowest BCUT2D eigenvalue weighted by atomic mass is 9.77. The van der Waals surface area contributed by atoms with Crippen LogP contribution in [0.1, 0.15) is 38.5 Å². The van der Waals surface area contributed by atoms with E-state index in [1.54, 1.807) is 6.07 Å². The summed E-state index contributed by atoms with van der Waals surface area (Å²) in [6.45, 7) is 2.04. The molecule has 1 heterocycles. The van der Waals surface area contributed by atoms with Gasteiger partial charge in [-0.1, -0.05) is 18.9 Å². The van der Waals surface area contributed by atoms with Crippen molar-refractivity contribution in [3.63, 3.8) is 0 Å². The van der Waals surface area contributed by atoms with Gasteiger partial charge in [0.1, 0.15) is 5.82 Å². The summed E-state index contributed by atoms with van der Waals surface area (Å²) in [5.41, 5.74) is 7.62. The van der Waals surface area contributed by atoms with Crippen LogP contribution in [0.4, 0.5) is 15.8 Å². The molecule has 0 unspecified atom stereocenters. The number of anilines is 2. The Morgan fingerprint density at radius 3 is 2.39 bits per heavy atom. The van der Waals surface area contributed by atoms with Crippen LogP contribution in [0, 0.1) is 11.2 Å². The number of hydrogen-bond donors (Lipinski definition) is 1. The molecule has 18 heavy (non-hydrogen) atoms. The average Bonchev–Trinajstić information content (AvgIpc) is 2.83. The fraction of sp³-hybridized carbons (Fsp3) is 0.600. The lowest BCUT2D eigenvalue weighted by Crippen LogP contribution is -2.39. The van der Waals surface area contributed by atoms with Gasteiger partial charge in [0, 0.05) is 13.1 Å². The quantitative estimate of drug-likeness (QED) is 0.770. The van der Waals surface area contributed by atoms with Crippen molar-refractivity contribution in [1.82, 2.24) is 0 Å². The first kappa shape index (κ1) is 11.8. The topological polar surface area (TPSA) is 29.3 Å².